The molecule has 0 unspecified atom stereocenters. The molecular weight excluding hydrogens is 276 g/mol. The van der Waals surface area contributed by atoms with Gasteiger partial charge in [-0.15, -0.1) is 5.92 Å². The second-order valence-corrected chi connectivity index (χ2v) is 5.82. The minimum Gasteiger partial charge on any atom is -0.493 e. The summed E-state index contributed by atoms with van der Waals surface area (Å²) in [5.74, 6) is 6.02. The molecule has 114 valence electrons. The van der Waals surface area contributed by atoms with Crippen molar-refractivity contribution in [3.8, 4) is 28.8 Å². The summed E-state index contributed by atoms with van der Waals surface area (Å²) in [5.41, 5.74) is 4.02. The topological polar surface area (TPSA) is 47.2 Å². The maximum atomic E-state index is 12.7. The number of nitrogens with zero attached hydrogens (tertiary/aromatic N) is 2. The molecule has 1 aromatic heterocycles. The summed E-state index contributed by atoms with van der Waals surface area (Å²) >= 11 is 0. The van der Waals surface area contributed by atoms with E-state index >= 15 is 0 Å². The molecule has 0 atom stereocenters. The fourth-order valence-corrected chi connectivity index (χ4v) is 3.34. The standard InChI is InChI=1S/C18H20N2O2/c1-4-7-14-10-12(2)15(13(3)11-14)16-17(21)19-8-5-6-9-20(19)18(16)22/h10-11,21H,5-6,8-9H2,1-3H3. The van der Waals surface area contributed by atoms with Crippen LogP contribution in [0.1, 0.15) is 36.5 Å². The molecule has 0 radical (unpaired) electrons. The van der Waals surface area contributed by atoms with E-state index in [1.54, 1.807) is 16.3 Å². The Morgan fingerprint density at radius 2 is 1.64 bits per heavy atom. The second-order valence-electron chi connectivity index (χ2n) is 5.82. The molecule has 0 aliphatic carbocycles. The predicted octanol–water partition coefficient (Wildman–Crippen LogP) is 2.80. The zero-order chi connectivity index (χ0) is 15.9. The molecule has 0 bridgehead atoms. The average Bonchev–Trinajstić information content (AvgIpc) is 2.73. The van der Waals surface area contributed by atoms with Gasteiger partial charge in [0.15, 0.2) is 0 Å². The van der Waals surface area contributed by atoms with E-state index < -0.39 is 0 Å². The van der Waals surface area contributed by atoms with Crippen molar-refractivity contribution in [1.82, 2.24) is 9.36 Å². The Hall–Kier alpha value is -2.41. The van der Waals surface area contributed by atoms with E-state index in [0.29, 0.717) is 18.7 Å². The van der Waals surface area contributed by atoms with Crippen LogP contribution < -0.4 is 5.56 Å². The van der Waals surface area contributed by atoms with Crippen molar-refractivity contribution in [2.75, 3.05) is 0 Å². The molecule has 22 heavy (non-hydrogen) atoms. The van der Waals surface area contributed by atoms with Gasteiger partial charge in [0.2, 0.25) is 5.88 Å². The van der Waals surface area contributed by atoms with Crippen molar-refractivity contribution in [1.29, 1.82) is 0 Å². The van der Waals surface area contributed by atoms with Gasteiger partial charge >= 0.3 is 0 Å². The molecule has 1 N–H and O–H groups in total. The van der Waals surface area contributed by atoms with Crippen LogP contribution in [0, 0.1) is 25.7 Å². The summed E-state index contributed by atoms with van der Waals surface area (Å²) in [6.07, 6.45) is 1.97. The molecule has 1 aliphatic rings. The van der Waals surface area contributed by atoms with Gasteiger partial charge in [0.25, 0.3) is 5.56 Å². The van der Waals surface area contributed by atoms with Crippen LogP contribution in [0.2, 0.25) is 0 Å². The van der Waals surface area contributed by atoms with Gasteiger partial charge in [0.05, 0.1) is 0 Å². The number of hydrogen-bond acceptors (Lipinski definition) is 2. The van der Waals surface area contributed by atoms with E-state index in [4.69, 9.17) is 0 Å². The third-order valence-electron chi connectivity index (χ3n) is 4.25. The Labute approximate surface area is 130 Å². The highest BCUT2D eigenvalue weighted by Crippen LogP contribution is 2.33. The summed E-state index contributed by atoms with van der Waals surface area (Å²) in [7, 11) is 0. The van der Waals surface area contributed by atoms with Gasteiger partial charge in [-0.05, 0) is 62.4 Å². The molecule has 1 aliphatic heterocycles. The van der Waals surface area contributed by atoms with E-state index in [-0.39, 0.29) is 11.4 Å². The van der Waals surface area contributed by atoms with E-state index in [1.807, 2.05) is 26.0 Å². The van der Waals surface area contributed by atoms with E-state index in [2.05, 4.69) is 11.8 Å². The summed E-state index contributed by atoms with van der Waals surface area (Å²) in [5, 5.41) is 10.5. The van der Waals surface area contributed by atoms with Gasteiger partial charge in [-0.3, -0.25) is 9.48 Å². The molecule has 0 saturated carbocycles. The Morgan fingerprint density at radius 1 is 1.05 bits per heavy atom. The lowest BCUT2D eigenvalue weighted by atomic mass is 9.95. The van der Waals surface area contributed by atoms with E-state index in [0.717, 1.165) is 35.1 Å². The van der Waals surface area contributed by atoms with Crippen LogP contribution in [-0.2, 0) is 13.1 Å². The Bertz CT molecular complexity index is 837. The number of fused-ring (bicyclic) bond motifs is 1. The molecule has 1 aromatic carbocycles. The second kappa shape index (κ2) is 5.42. The summed E-state index contributed by atoms with van der Waals surface area (Å²) in [4.78, 5) is 12.7. The highest BCUT2D eigenvalue weighted by Gasteiger charge is 2.24. The van der Waals surface area contributed by atoms with Crippen molar-refractivity contribution in [2.45, 2.75) is 46.7 Å². The number of aryl methyl sites for hydroxylation is 2. The first-order valence-corrected chi connectivity index (χ1v) is 7.61. The van der Waals surface area contributed by atoms with Gasteiger partial charge in [0, 0.05) is 18.7 Å². The van der Waals surface area contributed by atoms with Crippen LogP contribution in [0.15, 0.2) is 16.9 Å². The SMILES string of the molecule is CC#Cc1cc(C)c(-c2c(O)n3n(c2=O)CCCC3)c(C)c1. The molecule has 3 rings (SSSR count). The van der Waals surface area contributed by atoms with Crippen molar-refractivity contribution >= 4 is 0 Å². The van der Waals surface area contributed by atoms with E-state index in [1.165, 1.54) is 0 Å². The Morgan fingerprint density at radius 3 is 2.18 bits per heavy atom. The Balaban J connectivity index is 2.26. The van der Waals surface area contributed by atoms with Crippen LogP contribution in [0.4, 0.5) is 0 Å². The third kappa shape index (κ3) is 2.14. The van der Waals surface area contributed by atoms with Crippen LogP contribution in [-0.4, -0.2) is 14.5 Å². The van der Waals surface area contributed by atoms with Crippen molar-refractivity contribution in [2.24, 2.45) is 0 Å². The third-order valence-corrected chi connectivity index (χ3v) is 4.25. The first kappa shape index (κ1) is 14.5. The lowest BCUT2D eigenvalue weighted by molar-refractivity contribution is 0.305. The van der Waals surface area contributed by atoms with Crippen LogP contribution >= 0.6 is 0 Å². The summed E-state index contributed by atoms with van der Waals surface area (Å²) in [6.45, 7) is 7.09. The van der Waals surface area contributed by atoms with Gasteiger partial charge in [-0.1, -0.05) is 5.92 Å². The first-order valence-electron chi connectivity index (χ1n) is 7.61. The maximum absolute atomic E-state index is 12.7. The smallest absolute Gasteiger partial charge is 0.278 e. The first-order chi connectivity index (χ1) is 10.5. The average molecular weight is 296 g/mol. The normalized spacial score (nSPS) is 13.4. The highest BCUT2D eigenvalue weighted by atomic mass is 16.3. The van der Waals surface area contributed by atoms with Gasteiger partial charge in [-0.2, -0.15) is 0 Å². The lowest BCUT2D eigenvalue weighted by Crippen LogP contribution is -2.27. The predicted molar refractivity (Wildman–Crippen MR) is 87.1 cm³/mol. The van der Waals surface area contributed by atoms with Gasteiger partial charge < -0.3 is 5.11 Å². The minimum atomic E-state index is -0.0993. The van der Waals surface area contributed by atoms with E-state index in [9.17, 15) is 9.90 Å². The number of rotatable bonds is 1. The fourth-order valence-electron chi connectivity index (χ4n) is 3.34. The van der Waals surface area contributed by atoms with Crippen LogP contribution in [0.25, 0.3) is 11.1 Å². The molecular formula is C18H20N2O2. The summed E-state index contributed by atoms with van der Waals surface area (Å²) < 4.78 is 3.37. The number of aromatic hydroxyl groups is 1. The number of aromatic nitrogens is 2. The molecule has 0 amide bonds. The van der Waals surface area contributed by atoms with Crippen molar-refractivity contribution in [3.63, 3.8) is 0 Å². The van der Waals surface area contributed by atoms with Gasteiger partial charge in [0.1, 0.15) is 5.56 Å². The van der Waals surface area contributed by atoms with Crippen LogP contribution in [0.5, 0.6) is 5.88 Å². The quantitative estimate of drug-likeness (QED) is 0.823. The summed E-state index contributed by atoms with van der Waals surface area (Å²) in [6, 6.07) is 3.94. The van der Waals surface area contributed by atoms with Crippen molar-refractivity contribution in [3.05, 3.63) is 39.2 Å². The van der Waals surface area contributed by atoms with Crippen molar-refractivity contribution < 1.29 is 5.11 Å². The zero-order valence-electron chi connectivity index (χ0n) is 13.2. The lowest BCUT2D eigenvalue weighted by Gasteiger charge is -2.16. The zero-order valence-corrected chi connectivity index (χ0v) is 13.2. The number of benzene rings is 1. The fraction of sp³-hybridized carbons (Fsp3) is 0.389. The number of hydrogen-bond donors (Lipinski definition) is 1. The molecule has 0 saturated heterocycles. The molecule has 0 spiro atoms. The molecule has 4 heteroatoms. The molecule has 2 aromatic rings. The molecule has 0 fully saturated rings. The van der Waals surface area contributed by atoms with Gasteiger partial charge in [-0.25, -0.2) is 4.68 Å². The Kier molecular flexibility index (Phi) is 3.58. The molecule has 2 heterocycles. The monoisotopic (exact) mass is 296 g/mol. The largest absolute Gasteiger partial charge is 0.493 e. The maximum Gasteiger partial charge on any atom is 0.278 e. The van der Waals surface area contributed by atoms with Crippen LogP contribution in [0.3, 0.4) is 0 Å². The highest BCUT2D eigenvalue weighted by molar-refractivity contribution is 5.75. The minimum absolute atomic E-state index is 0.0882. The molecule has 4 nitrogen and oxygen atoms in total.